The fraction of sp³-hybridized carbons (Fsp3) is 0.562. The average Bonchev–Trinajstić information content (AvgIpc) is 2.34. The number of carbonyl (C=O) groups excluding carboxylic acids is 1. The van der Waals surface area contributed by atoms with Gasteiger partial charge in [0.2, 0.25) is 5.91 Å². The minimum Gasteiger partial charge on any atom is -0.493 e. The number of aryl methyl sites for hydroxylation is 1. The van der Waals surface area contributed by atoms with Crippen LogP contribution in [0.25, 0.3) is 0 Å². The Morgan fingerprint density at radius 3 is 2.45 bits per heavy atom. The quantitative estimate of drug-likeness (QED) is 0.817. The highest BCUT2D eigenvalue weighted by atomic mass is 32.2. The molecule has 1 atom stereocenters. The fourth-order valence-corrected chi connectivity index (χ4v) is 2.31. The normalized spacial score (nSPS) is 12.8. The van der Waals surface area contributed by atoms with Crippen LogP contribution in [0.5, 0.6) is 5.75 Å². The van der Waals surface area contributed by atoms with Crippen LogP contribution in [0.15, 0.2) is 24.3 Å². The summed E-state index contributed by atoms with van der Waals surface area (Å²) in [6.07, 6.45) is 0. The van der Waals surface area contributed by atoms with E-state index in [0.29, 0.717) is 6.61 Å². The molecule has 0 saturated heterocycles. The lowest BCUT2D eigenvalue weighted by molar-refractivity contribution is -0.121. The number of amides is 1. The molecule has 112 valence electrons. The van der Waals surface area contributed by atoms with E-state index >= 15 is 0 Å². The van der Waals surface area contributed by atoms with E-state index in [1.807, 2.05) is 52.0 Å². The number of rotatable bonds is 6. The Hall–Kier alpha value is -1.16. The highest BCUT2D eigenvalue weighted by Gasteiger charge is 2.19. The third kappa shape index (κ3) is 6.85. The number of ether oxygens (including phenoxy) is 1. The van der Waals surface area contributed by atoms with E-state index in [2.05, 4.69) is 12.2 Å². The molecular weight excluding hydrogens is 270 g/mol. The zero-order valence-electron chi connectivity index (χ0n) is 13.0. The summed E-state index contributed by atoms with van der Waals surface area (Å²) >= 11 is 1.61. The van der Waals surface area contributed by atoms with Gasteiger partial charge >= 0.3 is 0 Å². The summed E-state index contributed by atoms with van der Waals surface area (Å²) in [5.74, 6) is 1.76. The van der Waals surface area contributed by atoms with Gasteiger partial charge in [-0.1, -0.05) is 17.7 Å². The summed E-state index contributed by atoms with van der Waals surface area (Å²) in [7, 11) is 0. The maximum atomic E-state index is 11.9. The molecule has 1 unspecified atom stereocenters. The van der Waals surface area contributed by atoms with E-state index < -0.39 is 0 Å². The number of carbonyl (C=O) groups is 1. The van der Waals surface area contributed by atoms with Gasteiger partial charge in [0.15, 0.2) is 0 Å². The second-order valence-corrected chi connectivity index (χ2v) is 7.36. The predicted molar refractivity (Wildman–Crippen MR) is 86.5 cm³/mol. The van der Waals surface area contributed by atoms with E-state index in [1.165, 1.54) is 5.56 Å². The molecule has 0 aliphatic rings. The Morgan fingerprint density at radius 2 is 1.90 bits per heavy atom. The lowest BCUT2D eigenvalue weighted by atomic mass is 10.1. The summed E-state index contributed by atoms with van der Waals surface area (Å²) in [4.78, 5) is 11.9. The predicted octanol–water partition coefficient (Wildman–Crippen LogP) is 3.41. The minimum absolute atomic E-state index is 0.0594. The van der Waals surface area contributed by atoms with Gasteiger partial charge < -0.3 is 10.1 Å². The molecule has 1 N–H and O–H groups in total. The molecule has 1 amide bonds. The van der Waals surface area contributed by atoms with Crippen molar-refractivity contribution >= 4 is 17.7 Å². The maximum absolute atomic E-state index is 11.9. The number of nitrogens with one attached hydrogen (secondary N) is 1. The summed E-state index contributed by atoms with van der Waals surface area (Å²) < 4.78 is 5.64. The van der Waals surface area contributed by atoms with Crippen molar-refractivity contribution < 1.29 is 9.53 Å². The molecule has 0 heterocycles. The Morgan fingerprint density at radius 1 is 1.30 bits per heavy atom. The molecule has 0 aliphatic heterocycles. The molecule has 0 radical (unpaired) electrons. The third-order valence-corrected chi connectivity index (χ3v) is 3.72. The number of hydrogen-bond acceptors (Lipinski definition) is 3. The molecule has 3 nitrogen and oxygen atoms in total. The molecule has 0 saturated carbocycles. The van der Waals surface area contributed by atoms with Gasteiger partial charge in [-0.3, -0.25) is 4.79 Å². The first-order chi connectivity index (χ1) is 9.28. The first kappa shape index (κ1) is 16.9. The monoisotopic (exact) mass is 295 g/mol. The van der Waals surface area contributed by atoms with Gasteiger partial charge in [0.25, 0.3) is 0 Å². The van der Waals surface area contributed by atoms with Crippen molar-refractivity contribution in [2.75, 3.05) is 12.4 Å². The molecule has 0 bridgehead atoms. The van der Waals surface area contributed by atoms with Gasteiger partial charge in [0.1, 0.15) is 5.75 Å². The molecule has 20 heavy (non-hydrogen) atoms. The van der Waals surface area contributed by atoms with E-state index in [4.69, 9.17) is 4.74 Å². The average molecular weight is 295 g/mol. The Labute approximate surface area is 126 Å². The van der Waals surface area contributed by atoms with Crippen molar-refractivity contribution in [3.05, 3.63) is 29.8 Å². The second-order valence-electron chi connectivity index (χ2n) is 5.91. The van der Waals surface area contributed by atoms with Crippen molar-refractivity contribution in [1.82, 2.24) is 5.32 Å². The van der Waals surface area contributed by atoms with Crippen LogP contribution in [0, 0.1) is 6.92 Å². The molecule has 4 heteroatoms. The van der Waals surface area contributed by atoms with Crippen molar-refractivity contribution in [3.63, 3.8) is 0 Å². The molecule has 1 aromatic carbocycles. The van der Waals surface area contributed by atoms with Crippen LogP contribution in [0.4, 0.5) is 0 Å². The van der Waals surface area contributed by atoms with Crippen LogP contribution in [-0.2, 0) is 4.79 Å². The minimum atomic E-state index is -0.176. The highest BCUT2D eigenvalue weighted by molar-refractivity contribution is 8.00. The van der Waals surface area contributed by atoms with E-state index in [1.54, 1.807) is 11.8 Å². The van der Waals surface area contributed by atoms with Crippen molar-refractivity contribution in [3.8, 4) is 5.75 Å². The Bertz CT molecular complexity index is 423. The molecule has 0 fully saturated rings. The third-order valence-electron chi connectivity index (χ3n) is 2.61. The molecule has 1 aromatic rings. The van der Waals surface area contributed by atoms with Crippen LogP contribution >= 0.6 is 11.8 Å². The van der Waals surface area contributed by atoms with Crippen LogP contribution in [0.1, 0.15) is 33.3 Å². The molecule has 0 aromatic heterocycles. The lowest BCUT2D eigenvalue weighted by Crippen LogP contribution is -2.44. The van der Waals surface area contributed by atoms with Crippen LogP contribution in [0.2, 0.25) is 0 Å². The fourth-order valence-electron chi connectivity index (χ4n) is 1.57. The summed E-state index contributed by atoms with van der Waals surface area (Å²) in [6.45, 7) is 10.6. The number of thioether (sulfide) groups is 1. The lowest BCUT2D eigenvalue weighted by Gasteiger charge is -2.23. The van der Waals surface area contributed by atoms with Crippen LogP contribution in [0.3, 0.4) is 0 Å². The Balaban J connectivity index is 2.23. The first-order valence-electron chi connectivity index (χ1n) is 6.91. The van der Waals surface area contributed by atoms with Gasteiger partial charge in [0, 0.05) is 11.3 Å². The summed E-state index contributed by atoms with van der Waals surface area (Å²) in [6, 6.07) is 8.00. The van der Waals surface area contributed by atoms with Crippen molar-refractivity contribution in [2.24, 2.45) is 0 Å². The largest absolute Gasteiger partial charge is 0.493 e. The first-order valence-corrected chi connectivity index (χ1v) is 7.96. The van der Waals surface area contributed by atoms with E-state index in [0.717, 1.165) is 11.5 Å². The van der Waals surface area contributed by atoms with Gasteiger partial charge in [-0.2, -0.15) is 0 Å². The second kappa shape index (κ2) is 7.58. The van der Waals surface area contributed by atoms with Crippen LogP contribution < -0.4 is 10.1 Å². The van der Waals surface area contributed by atoms with Gasteiger partial charge in [-0.05, 0) is 46.8 Å². The van der Waals surface area contributed by atoms with E-state index in [9.17, 15) is 4.79 Å². The standard InChI is InChI=1S/C16H25NO2S/c1-12-6-8-14(9-7-12)19-10-11-20-13(2)15(18)17-16(3,4)5/h6-9,13H,10-11H2,1-5H3,(H,17,18). The van der Waals surface area contributed by atoms with E-state index in [-0.39, 0.29) is 16.7 Å². The SMILES string of the molecule is Cc1ccc(OCCSC(C)C(=O)NC(C)(C)C)cc1. The molecule has 0 spiro atoms. The number of benzene rings is 1. The van der Waals surface area contributed by atoms with Crippen molar-refractivity contribution in [1.29, 1.82) is 0 Å². The topological polar surface area (TPSA) is 38.3 Å². The highest BCUT2D eigenvalue weighted by Crippen LogP contribution is 2.15. The van der Waals surface area contributed by atoms with Gasteiger partial charge in [-0.25, -0.2) is 0 Å². The van der Waals surface area contributed by atoms with Gasteiger partial charge in [-0.15, -0.1) is 11.8 Å². The zero-order chi connectivity index (χ0) is 15.2. The van der Waals surface area contributed by atoms with Crippen LogP contribution in [-0.4, -0.2) is 29.1 Å². The Kier molecular flexibility index (Phi) is 6.40. The molecular formula is C16H25NO2S. The smallest absolute Gasteiger partial charge is 0.233 e. The van der Waals surface area contributed by atoms with Crippen molar-refractivity contribution in [2.45, 2.75) is 45.4 Å². The van der Waals surface area contributed by atoms with Gasteiger partial charge in [0.05, 0.1) is 11.9 Å². The zero-order valence-corrected chi connectivity index (χ0v) is 13.8. The maximum Gasteiger partial charge on any atom is 0.233 e. The summed E-state index contributed by atoms with van der Waals surface area (Å²) in [5, 5.41) is 2.92. The summed E-state index contributed by atoms with van der Waals surface area (Å²) in [5.41, 5.74) is 1.05. The number of hydrogen-bond donors (Lipinski definition) is 1. The molecule has 1 rings (SSSR count). The molecule has 0 aliphatic carbocycles.